The molecule has 7 heteroatoms. The van der Waals surface area contributed by atoms with Gasteiger partial charge in [0.2, 0.25) is 0 Å². The number of carboxylic acids is 1. The number of benzene rings is 2. The third-order valence-corrected chi connectivity index (χ3v) is 6.27. The van der Waals surface area contributed by atoms with Crippen molar-refractivity contribution in [1.82, 2.24) is 4.90 Å². The Hall–Kier alpha value is -4.13. The van der Waals surface area contributed by atoms with Crippen molar-refractivity contribution in [2.45, 2.75) is 45.7 Å². The molecular weight excluding hydrogens is 446 g/mol. The molecule has 4 rings (SSSR count). The van der Waals surface area contributed by atoms with Crippen LogP contribution in [-0.2, 0) is 21.5 Å². The van der Waals surface area contributed by atoms with Crippen molar-refractivity contribution in [1.29, 1.82) is 0 Å². The van der Waals surface area contributed by atoms with Crippen molar-refractivity contribution >= 4 is 23.4 Å². The van der Waals surface area contributed by atoms with Crippen LogP contribution in [0.2, 0.25) is 0 Å². The topological polar surface area (TPSA) is 108 Å². The number of carboxylic acid groups (broad SMARTS) is 1. The number of rotatable bonds is 5. The van der Waals surface area contributed by atoms with E-state index < -0.39 is 23.7 Å². The maximum Gasteiger partial charge on any atom is 0.335 e. The zero-order valence-corrected chi connectivity index (χ0v) is 20.0. The largest absolute Gasteiger partial charge is 0.507 e. The number of likely N-dealkylation sites (tertiary alicyclic amines) is 1. The number of nitrogens with zero attached hydrogens (tertiary/aromatic N) is 1. The smallest absolute Gasteiger partial charge is 0.335 e. The van der Waals surface area contributed by atoms with E-state index in [9.17, 15) is 19.5 Å². The Morgan fingerprint density at radius 2 is 1.71 bits per heavy atom. The van der Waals surface area contributed by atoms with Gasteiger partial charge in [-0.3, -0.25) is 9.59 Å². The summed E-state index contributed by atoms with van der Waals surface area (Å²) in [5.74, 6) is -2.53. The average Bonchev–Trinajstić information content (AvgIpc) is 3.41. The van der Waals surface area contributed by atoms with Gasteiger partial charge in [-0.2, -0.15) is 0 Å². The molecule has 3 aromatic rings. The van der Waals surface area contributed by atoms with Crippen molar-refractivity contribution in [3.63, 3.8) is 0 Å². The number of aliphatic hydroxyl groups is 1. The van der Waals surface area contributed by atoms with Crippen molar-refractivity contribution in [2.75, 3.05) is 0 Å². The van der Waals surface area contributed by atoms with E-state index in [-0.39, 0.29) is 28.9 Å². The number of ketones is 1. The molecule has 0 spiro atoms. The first-order chi connectivity index (χ1) is 16.5. The third-order valence-electron chi connectivity index (χ3n) is 6.27. The van der Waals surface area contributed by atoms with Crippen molar-refractivity contribution in [3.8, 4) is 0 Å². The van der Waals surface area contributed by atoms with Gasteiger partial charge in [-0.15, -0.1) is 0 Å². The summed E-state index contributed by atoms with van der Waals surface area (Å²) < 4.78 is 5.59. The van der Waals surface area contributed by atoms with Gasteiger partial charge in [-0.25, -0.2) is 4.79 Å². The van der Waals surface area contributed by atoms with Crippen LogP contribution in [0, 0.1) is 6.92 Å². The van der Waals surface area contributed by atoms with E-state index in [0.717, 1.165) is 11.1 Å². The summed E-state index contributed by atoms with van der Waals surface area (Å²) in [7, 11) is 0. The van der Waals surface area contributed by atoms with Gasteiger partial charge < -0.3 is 19.5 Å². The molecule has 2 N–H and O–H groups in total. The van der Waals surface area contributed by atoms with Gasteiger partial charge in [-0.1, -0.05) is 45.0 Å². The lowest BCUT2D eigenvalue weighted by molar-refractivity contribution is -0.140. The first kappa shape index (κ1) is 24.0. The predicted molar refractivity (Wildman–Crippen MR) is 130 cm³/mol. The number of hydrogen-bond donors (Lipinski definition) is 2. The summed E-state index contributed by atoms with van der Waals surface area (Å²) >= 11 is 0. The number of carbonyl (C=O) groups excluding carboxylic acids is 2. The number of aliphatic hydroxyl groups excluding tert-OH is 1. The van der Waals surface area contributed by atoms with Gasteiger partial charge >= 0.3 is 5.97 Å². The molecule has 1 saturated heterocycles. The van der Waals surface area contributed by atoms with E-state index in [4.69, 9.17) is 9.52 Å². The Kier molecular flexibility index (Phi) is 6.11. The molecule has 0 bridgehead atoms. The van der Waals surface area contributed by atoms with Crippen LogP contribution < -0.4 is 0 Å². The molecule has 7 nitrogen and oxygen atoms in total. The molecule has 2 aromatic carbocycles. The molecule has 1 aromatic heterocycles. The number of carbonyl (C=O) groups is 3. The van der Waals surface area contributed by atoms with Crippen molar-refractivity contribution in [3.05, 3.63) is 100 Å². The zero-order chi connectivity index (χ0) is 25.5. The SMILES string of the molecule is Cc1ccc(C(C)(C)C)cc1/C(O)=C1\C(=O)C(=O)N(Cc2ccc(C(=O)O)cc2)C1c1ccco1. The number of furan rings is 1. The van der Waals surface area contributed by atoms with Crippen LogP contribution in [0.1, 0.15) is 65.2 Å². The second-order valence-corrected chi connectivity index (χ2v) is 9.72. The van der Waals surface area contributed by atoms with Crippen LogP contribution in [0.3, 0.4) is 0 Å². The monoisotopic (exact) mass is 473 g/mol. The Bertz CT molecular complexity index is 1330. The summed E-state index contributed by atoms with van der Waals surface area (Å²) in [6.45, 7) is 8.04. The molecule has 0 radical (unpaired) electrons. The summed E-state index contributed by atoms with van der Waals surface area (Å²) in [5, 5.41) is 20.5. The number of aromatic carboxylic acids is 1. The summed E-state index contributed by atoms with van der Waals surface area (Å²) in [5.41, 5.74) is 2.76. The molecule has 0 aliphatic carbocycles. The molecule has 35 heavy (non-hydrogen) atoms. The summed E-state index contributed by atoms with van der Waals surface area (Å²) in [6.07, 6.45) is 1.45. The minimum Gasteiger partial charge on any atom is -0.507 e. The lowest BCUT2D eigenvalue weighted by Crippen LogP contribution is -2.29. The fourth-order valence-electron chi connectivity index (χ4n) is 4.22. The molecule has 1 aliphatic heterocycles. The Balaban J connectivity index is 1.83. The highest BCUT2D eigenvalue weighted by Crippen LogP contribution is 2.41. The number of hydrogen-bond acceptors (Lipinski definition) is 5. The van der Waals surface area contributed by atoms with Crippen molar-refractivity contribution in [2.24, 2.45) is 0 Å². The van der Waals surface area contributed by atoms with Gasteiger partial charge in [0, 0.05) is 12.1 Å². The zero-order valence-electron chi connectivity index (χ0n) is 20.0. The van der Waals surface area contributed by atoms with Gasteiger partial charge in [0.05, 0.1) is 17.4 Å². The molecule has 2 heterocycles. The normalized spacial score (nSPS) is 17.7. The van der Waals surface area contributed by atoms with E-state index in [1.165, 1.54) is 23.3 Å². The second kappa shape index (κ2) is 8.91. The molecule has 1 unspecified atom stereocenters. The molecule has 1 amide bonds. The molecular formula is C28H27NO6. The lowest BCUT2D eigenvalue weighted by atomic mass is 9.84. The minimum absolute atomic E-state index is 0.0353. The molecule has 180 valence electrons. The standard InChI is InChI=1S/C28H27NO6/c1-16-7-12-19(28(2,3)4)14-20(16)24(30)22-23(21-6-5-13-35-21)29(26(32)25(22)31)15-17-8-10-18(11-9-17)27(33)34/h5-14,23,30H,15H2,1-4H3,(H,33,34)/b24-22+. The van der Waals surface area contributed by atoms with E-state index in [1.54, 1.807) is 24.3 Å². The van der Waals surface area contributed by atoms with Gasteiger partial charge in [0.1, 0.15) is 17.6 Å². The second-order valence-electron chi connectivity index (χ2n) is 9.72. The van der Waals surface area contributed by atoms with E-state index in [0.29, 0.717) is 16.9 Å². The number of amides is 1. The van der Waals surface area contributed by atoms with Gasteiger partial charge in [-0.05, 0) is 59.4 Å². The van der Waals surface area contributed by atoms with Crippen LogP contribution in [0.5, 0.6) is 0 Å². The predicted octanol–water partition coefficient (Wildman–Crippen LogP) is 5.21. The maximum absolute atomic E-state index is 13.2. The summed E-state index contributed by atoms with van der Waals surface area (Å²) in [4.78, 5) is 38.9. The molecule has 1 fully saturated rings. The van der Waals surface area contributed by atoms with E-state index >= 15 is 0 Å². The fraction of sp³-hybridized carbons (Fsp3) is 0.250. The van der Waals surface area contributed by atoms with Gasteiger partial charge in [0.15, 0.2) is 0 Å². The fourth-order valence-corrected chi connectivity index (χ4v) is 4.22. The third kappa shape index (κ3) is 4.49. The van der Waals surface area contributed by atoms with E-state index in [2.05, 4.69) is 20.8 Å². The first-order valence-corrected chi connectivity index (χ1v) is 11.2. The van der Waals surface area contributed by atoms with Crippen LogP contribution in [0.15, 0.2) is 70.9 Å². The quantitative estimate of drug-likeness (QED) is 0.299. The minimum atomic E-state index is -1.06. The maximum atomic E-state index is 13.2. The van der Waals surface area contributed by atoms with Crippen LogP contribution in [0.25, 0.3) is 5.76 Å². The Morgan fingerprint density at radius 3 is 2.29 bits per heavy atom. The van der Waals surface area contributed by atoms with Crippen molar-refractivity contribution < 1.29 is 29.0 Å². The highest BCUT2D eigenvalue weighted by atomic mass is 16.4. The first-order valence-electron chi connectivity index (χ1n) is 11.2. The number of aryl methyl sites for hydroxylation is 1. The van der Waals surface area contributed by atoms with Crippen LogP contribution in [-0.4, -0.2) is 32.8 Å². The van der Waals surface area contributed by atoms with Gasteiger partial charge in [0.25, 0.3) is 11.7 Å². The molecule has 1 aliphatic rings. The van der Waals surface area contributed by atoms with Crippen LogP contribution >= 0.6 is 0 Å². The Labute approximate surface area is 203 Å². The molecule has 1 atom stereocenters. The van der Waals surface area contributed by atoms with Crippen LogP contribution in [0.4, 0.5) is 0 Å². The number of Topliss-reactive ketones (excluding diaryl/α,β-unsaturated/α-hetero) is 1. The highest BCUT2D eigenvalue weighted by Gasteiger charge is 2.47. The Morgan fingerprint density at radius 1 is 1.03 bits per heavy atom. The lowest BCUT2D eigenvalue weighted by Gasteiger charge is -2.24. The van der Waals surface area contributed by atoms with E-state index in [1.807, 2.05) is 25.1 Å². The highest BCUT2D eigenvalue weighted by molar-refractivity contribution is 6.46. The average molecular weight is 474 g/mol. The summed E-state index contributed by atoms with van der Waals surface area (Å²) in [6, 6.07) is 14.2. The molecule has 0 saturated carbocycles.